The number of benzene rings is 1. The van der Waals surface area contributed by atoms with E-state index in [-0.39, 0.29) is 15.1 Å². The van der Waals surface area contributed by atoms with Crippen LogP contribution in [0, 0.1) is 11.6 Å². The molecule has 17 heavy (non-hydrogen) atoms. The minimum Gasteiger partial charge on any atom is -0.392 e. The summed E-state index contributed by atoms with van der Waals surface area (Å²) < 4.78 is 50.8. The van der Waals surface area contributed by atoms with Crippen LogP contribution in [-0.4, -0.2) is 19.2 Å². The van der Waals surface area contributed by atoms with Gasteiger partial charge in [0.15, 0.2) is 5.82 Å². The standard InChI is InChI=1S/C8H7BrF2N2O2S2/c9-5-1-4(10)2-6(11)8(5)13-17(14,15)3-7(12)16/h1-2,13H,3H2,(H2,12,16). The van der Waals surface area contributed by atoms with Gasteiger partial charge in [-0.15, -0.1) is 0 Å². The van der Waals surface area contributed by atoms with Gasteiger partial charge in [0, 0.05) is 10.5 Å². The molecule has 0 aliphatic rings. The van der Waals surface area contributed by atoms with Crippen LogP contribution in [0.15, 0.2) is 16.6 Å². The predicted octanol–water partition coefficient (Wildman–Crippen LogP) is 1.76. The molecule has 0 aliphatic carbocycles. The third-order valence-electron chi connectivity index (χ3n) is 1.60. The fourth-order valence-electron chi connectivity index (χ4n) is 1.02. The van der Waals surface area contributed by atoms with Gasteiger partial charge in [0.05, 0.1) is 10.7 Å². The number of sulfonamides is 1. The summed E-state index contributed by atoms with van der Waals surface area (Å²) in [4.78, 5) is -0.254. The van der Waals surface area contributed by atoms with Crippen molar-refractivity contribution in [2.75, 3.05) is 10.5 Å². The molecule has 9 heteroatoms. The second kappa shape index (κ2) is 5.23. The van der Waals surface area contributed by atoms with Gasteiger partial charge in [0.2, 0.25) is 10.0 Å². The number of nitrogens with two attached hydrogens (primary N) is 1. The van der Waals surface area contributed by atoms with E-state index in [0.29, 0.717) is 6.07 Å². The highest BCUT2D eigenvalue weighted by Gasteiger charge is 2.17. The molecule has 0 aliphatic heterocycles. The Kier molecular flexibility index (Phi) is 4.39. The molecule has 0 radical (unpaired) electrons. The maximum absolute atomic E-state index is 13.3. The van der Waals surface area contributed by atoms with Gasteiger partial charge >= 0.3 is 0 Å². The minimum atomic E-state index is -3.90. The second-order valence-electron chi connectivity index (χ2n) is 3.07. The third kappa shape index (κ3) is 4.17. The summed E-state index contributed by atoms with van der Waals surface area (Å²) >= 11 is 7.29. The van der Waals surface area contributed by atoms with E-state index in [1.165, 1.54) is 0 Å². The summed E-state index contributed by atoms with van der Waals surface area (Å²) in [6.07, 6.45) is 0. The first-order valence-corrected chi connectivity index (χ1v) is 7.00. The van der Waals surface area contributed by atoms with E-state index in [1.807, 2.05) is 4.72 Å². The lowest BCUT2D eigenvalue weighted by Gasteiger charge is -2.10. The molecule has 0 saturated carbocycles. The normalized spacial score (nSPS) is 11.2. The lowest BCUT2D eigenvalue weighted by molar-refractivity contribution is 0.582. The molecule has 94 valence electrons. The van der Waals surface area contributed by atoms with Crippen LogP contribution >= 0.6 is 28.1 Å². The van der Waals surface area contributed by atoms with Crippen molar-refractivity contribution >= 4 is 48.8 Å². The van der Waals surface area contributed by atoms with Crippen molar-refractivity contribution in [1.29, 1.82) is 0 Å². The molecule has 1 aromatic rings. The summed E-state index contributed by atoms with van der Waals surface area (Å²) in [5.41, 5.74) is 4.69. The van der Waals surface area contributed by atoms with Crippen LogP contribution in [0.4, 0.5) is 14.5 Å². The number of rotatable bonds is 4. The first-order chi connectivity index (χ1) is 7.71. The van der Waals surface area contributed by atoms with Crippen molar-refractivity contribution in [2.24, 2.45) is 5.73 Å². The topological polar surface area (TPSA) is 72.2 Å². The molecule has 0 bridgehead atoms. The number of anilines is 1. The smallest absolute Gasteiger partial charge is 0.239 e. The monoisotopic (exact) mass is 344 g/mol. The van der Waals surface area contributed by atoms with E-state index in [4.69, 9.17) is 5.73 Å². The Bertz CT molecular complexity index is 540. The molecule has 0 heterocycles. The van der Waals surface area contributed by atoms with Crippen LogP contribution in [0.5, 0.6) is 0 Å². The fraction of sp³-hybridized carbons (Fsp3) is 0.125. The second-order valence-corrected chi connectivity index (χ2v) is 6.17. The lowest BCUT2D eigenvalue weighted by Crippen LogP contribution is -2.26. The average Bonchev–Trinajstić information content (AvgIpc) is 2.09. The Morgan fingerprint density at radius 2 is 2.06 bits per heavy atom. The maximum Gasteiger partial charge on any atom is 0.239 e. The summed E-state index contributed by atoms with van der Waals surface area (Å²) in [6, 6.07) is 1.49. The SMILES string of the molecule is NC(=S)CS(=O)(=O)Nc1c(F)cc(F)cc1Br. The van der Waals surface area contributed by atoms with Crippen LogP contribution in [-0.2, 0) is 10.0 Å². The van der Waals surface area contributed by atoms with Gasteiger partial charge in [-0.25, -0.2) is 17.2 Å². The number of hydrogen-bond acceptors (Lipinski definition) is 3. The first-order valence-electron chi connectivity index (χ1n) is 4.14. The molecule has 4 nitrogen and oxygen atoms in total. The van der Waals surface area contributed by atoms with Gasteiger partial charge in [0.25, 0.3) is 0 Å². The highest BCUT2D eigenvalue weighted by atomic mass is 79.9. The van der Waals surface area contributed by atoms with Crippen LogP contribution in [0.25, 0.3) is 0 Å². The van der Waals surface area contributed by atoms with Crippen LogP contribution in [0.2, 0.25) is 0 Å². The zero-order valence-corrected chi connectivity index (χ0v) is 11.4. The average molecular weight is 345 g/mol. The van der Waals surface area contributed by atoms with Gasteiger partial charge in [-0.1, -0.05) is 12.2 Å². The molecule has 1 rings (SSSR count). The molecule has 0 spiro atoms. The molecule has 0 saturated heterocycles. The van der Waals surface area contributed by atoms with Crippen LogP contribution in [0.1, 0.15) is 0 Å². The van der Waals surface area contributed by atoms with Crippen molar-refractivity contribution in [2.45, 2.75) is 0 Å². The molecular weight excluding hydrogens is 338 g/mol. The fourth-order valence-corrected chi connectivity index (χ4v) is 3.09. The molecule has 0 amide bonds. The van der Waals surface area contributed by atoms with Crippen molar-refractivity contribution < 1.29 is 17.2 Å². The Labute approximate surface area is 110 Å². The maximum atomic E-state index is 13.3. The summed E-state index contributed by atoms with van der Waals surface area (Å²) in [6.45, 7) is 0. The quantitative estimate of drug-likeness (QED) is 0.816. The van der Waals surface area contributed by atoms with Crippen molar-refractivity contribution in [3.05, 3.63) is 28.2 Å². The Morgan fingerprint density at radius 3 is 2.53 bits per heavy atom. The molecule has 0 unspecified atom stereocenters. The molecule has 1 aromatic carbocycles. The van der Waals surface area contributed by atoms with Gasteiger partial charge in [0.1, 0.15) is 11.6 Å². The Balaban J connectivity index is 3.08. The van der Waals surface area contributed by atoms with E-state index in [9.17, 15) is 17.2 Å². The minimum absolute atomic E-state index is 0.0542. The van der Waals surface area contributed by atoms with Crippen molar-refractivity contribution in [3.63, 3.8) is 0 Å². The molecule has 0 aromatic heterocycles. The van der Waals surface area contributed by atoms with Crippen molar-refractivity contribution in [3.8, 4) is 0 Å². The zero-order valence-electron chi connectivity index (χ0n) is 8.21. The number of nitrogens with one attached hydrogen (secondary N) is 1. The predicted molar refractivity (Wildman–Crippen MR) is 68.3 cm³/mol. The Hall–Kier alpha value is -0.800. The summed E-state index contributed by atoms with van der Waals surface area (Å²) in [5, 5.41) is 0. The van der Waals surface area contributed by atoms with Gasteiger partial charge in [-0.05, 0) is 22.0 Å². The molecule has 0 atom stereocenters. The van der Waals surface area contributed by atoms with Crippen LogP contribution in [0.3, 0.4) is 0 Å². The van der Waals surface area contributed by atoms with E-state index >= 15 is 0 Å². The lowest BCUT2D eigenvalue weighted by atomic mass is 10.3. The van der Waals surface area contributed by atoms with Gasteiger partial charge in [-0.2, -0.15) is 0 Å². The summed E-state index contributed by atoms with van der Waals surface area (Å²) in [5.74, 6) is -2.49. The highest BCUT2D eigenvalue weighted by molar-refractivity contribution is 9.10. The highest BCUT2D eigenvalue weighted by Crippen LogP contribution is 2.27. The van der Waals surface area contributed by atoms with Crippen molar-refractivity contribution in [1.82, 2.24) is 0 Å². The number of hydrogen-bond donors (Lipinski definition) is 2. The summed E-state index contributed by atoms with van der Waals surface area (Å²) in [7, 11) is -3.90. The number of thiocarbonyl (C=S) groups is 1. The van der Waals surface area contributed by atoms with Crippen LogP contribution < -0.4 is 10.5 Å². The van der Waals surface area contributed by atoms with E-state index in [2.05, 4.69) is 28.1 Å². The van der Waals surface area contributed by atoms with Gasteiger partial charge in [-0.3, -0.25) is 4.72 Å². The largest absolute Gasteiger partial charge is 0.392 e. The number of halogens is 3. The zero-order chi connectivity index (χ0) is 13.2. The van der Waals surface area contributed by atoms with E-state index in [1.54, 1.807) is 0 Å². The first kappa shape index (κ1) is 14.3. The van der Waals surface area contributed by atoms with E-state index in [0.717, 1.165) is 6.07 Å². The van der Waals surface area contributed by atoms with E-state index < -0.39 is 27.4 Å². The third-order valence-corrected chi connectivity index (χ3v) is 3.76. The Morgan fingerprint density at radius 1 is 1.47 bits per heavy atom. The van der Waals surface area contributed by atoms with Gasteiger partial charge < -0.3 is 5.73 Å². The molecule has 3 N–H and O–H groups in total. The molecule has 0 fully saturated rings. The molecular formula is C8H7BrF2N2O2S2.